The van der Waals surface area contributed by atoms with E-state index in [1.54, 1.807) is 0 Å². The molecular formula is C12H7Br3N2O. The molecule has 0 radical (unpaired) electrons. The van der Waals surface area contributed by atoms with Crippen molar-refractivity contribution in [2.24, 2.45) is 10.7 Å². The normalized spacial score (nSPS) is 18.3. The van der Waals surface area contributed by atoms with E-state index in [4.69, 9.17) is 5.73 Å². The lowest BCUT2D eigenvalue weighted by Crippen LogP contribution is -2.19. The van der Waals surface area contributed by atoms with Crippen LogP contribution in [0.25, 0.3) is 0 Å². The van der Waals surface area contributed by atoms with Crippen molar-refractivity contribution in [3.63, 3.8) is 0 Å². The molecule has 6 heteroatoms. The van der Waals surface area contributed by atoms with Crippen LogP contribution >= 0.6 is 47.8 Å². The van der Waals surface area contributed by atoms with Crippen molar-refractivity contribution >= 4 is 65.0 Å². The van der Waals surface area contributed by atoms with E-state index in [9.17, 15) is 4.79 Å². The van der Waals surface area contributed by atoms with Gasteiger partial charge in [0.25, 0.3) is 0 Å². The molecule has 0 spiro atoms. The predicted octanol–water partition coefficient (Wildman–Crippen LogP) is 3.95. The summed E-state index contributed by atoms with van der Waals surface area (Å²) >= 11 is 9.97. The smallest absolute Gasteiger partial charge is 0.203 e. The summed E-state index contributed by atoms with van der Waals surface area (Å²) in [4.78, 5) is 15.9. The number of carbonyl (C=O) groups excluding carboxylic acids is 1. The van der Waals surface area contributed by atoms with Crippen molar-refractivity contribution in [1.82, 2.24) is 0 Å². The topological polar surface area (TPSA) is 55.4 Å². The van der Waals surface area contributed by atoms with E-state index in [-0.39, 0.29) is 11.5 Å². The molecule has 92 valence electrons. The first-order valence-corrected chi connectivity index (χ1v) is 7.28. The maximum Gasteiger partial charge on any atom is 0.203 e. The molecule has 0 fully saturated rings. The first-order valence-electron chi connectivity index (χ1n) is 4.91. The van der Waals surface area contributed by atoms with Crippen molar-refractivity contribution in [3.8, 4) is 0 Å². The van der Waals surface area contributed by atoms with Gasteiger partial charge in [-0.15, -0.1) is 0 Å². The Labute approximate surface area is 129 Å². The van der Waals surface area contributed by atoms with Crippen LogP contribution in [-0.2, 0) is 4.79 Å². The lowest BCUT2D eigenvalue weighted by Gasteiger charge is -2.12. The molecule has 0 bridgehead atoms. The van der Waals surface area contributed by atoms with Crippen molar-refractivity contribution in [3.05, 3.63) is 49.5 Å². The third-order valence-corrected chi connectivity index (χ3v) is 4.20. The highest BCUT2D eigenvalue weighted by Gasteiger charge is 2.22. The van der Waals surface area contributed by atoms with Crippen molar-refractivity contribution in [2.45, 2.75) is 0 Å². The second kappa shape index (κ2) is 5.50. The van der Waals surface area contributed by atoms with Crippen LogP contribution in [0.1, 0.15) is 0 Å². The third-order valence-electron chi connectivity index (χ3n) is 2.26. The van der Waals surface area contributed by atoms with E-state index in [1.807, 2.05) is 24.3 Å². The Morgan fingerprint density at radius 2 is 1.67 bits per heavy atom. The monoisotopic (exact) mass is 432 g/mol. The summed E-state index contributed by atoms with van der Waals surface area (Å²) in [5, 5.41) is 0. The number of nitrogens with two attached hydrogens (primary N) is 1. The fraction of sp³-hybridized carbons (Fsp3) is 0. The number of carbonyl (C=O) groups is 1. The summed E-state index contributed by atoms with van der Waals surface area (Å²) in [6, 6.07) is 7.52. The van der Waals surface area contributed by atoms with Crippen LogP contribution in [0, 0.1) is 0 Å². The zero-order valence-electron chi connectivity index (χ0n) is 8.95. The molecule has 0 saturated carbocycles. The fourth-order valence-electron chi connectivity index (χ4n) is 1.35. The summed E-state index contributed by atoms with van der Waals surface area (Å²) in [6.07, 6.45) is 1.41. The van der Waals surface area contributed by atoms with Gasteiger partial charge in [0.05, 0.1) is 21.6 Å². The molecule has 2 N–H and O–H groups in total. The molecule has 1 aliphatic rings. The lowest BCUT2D eigenvalue weighted by molar-refractivity contribution is -0.111. The third kappa shape index (κ3) is 2.81. The lowest BCUT2D eigenvalue weighted by atomic mass is 10.1. The highest BCUT2D eigenvalue weighted by molar-refractivity contribution is 9.13. The Morgan fingerprint density at radius 1 is 1.06 bits per heavy atom. The minimum absolute atomic E-state index is 0.161. The molecule has 0 aromatic heterocycles. The van der Waals surface area contributed by atoms with Gasteiger partial charge in [0.1, 0.15) is 0 Å². The van der Waals surface area contributed by atoms with Crippen LogP contribution in [0.15, 0.2) is 54.5 Å². The summed E-state index contributed by atoms with van der Waals surface area (Å²) in [5.74, 6) is -0.233. The van der Waals surface area contributed by atoms with Gasteiger partial charge in [-0.3, -0.25) is 4.79 Å². The Bertz CT molecular complexity index is 600. The molecule has 0 atom stereocenters. The van der Waals surface area contributed by atoms with Gasteiger partial charge < -0.3 is 5.73 Å². The summed E-state index contributed by atoms with van der Waals surface area (Å²) in [5.41, 5.74) is 7.22. The summed E-state index contributed by atoms with van der Waals surface area (Å²) in [7, 11) is 0. The van der Waals surface area contributed by atoms with Gasteiger partial charge >= 0.3 is 0 Å². The number of rotatable bonds is 1. The number of hydrogen-bond acceptors (Lipinski definition) is 3. The molecule has 0 saturated heterocycles. The molecule has 0 unspecified atom stereocenters. The van der Waals surface area contributed by atoms with Crippen LogP contribution < -0.4 is 5.73 Å². The van der Waals surface area contributed by atoms with Crippen molar-refractivity contribution in [1.29, 1.82) is 0 Å². The van der Waals surface area contributed by atoms with Crippen molar-refractivity contribution < 1.29 is 4.79 Å². The molecule has 0 aliphatic heterocycles. The minimum Gasteiger partial charge on any atom is -0.395 e. The Kier molecular flexibility index (Phi) is 4.19. The van der Waals surface area contributed by atoms with E-state index in [1.165, 1.54) is 6.08 Å². The van der Waals surface area contributed by atoms with E-state index < -0.39 is 0 Å². The zero-order valence-corrected chi connectivity index (χ0v) is 13.7. The first kappa shape index (κ1) is 13.7. The second-order valence-electron chi connectivity index (χ2n) is 3.52. The Hall–Kier alpha value is -0.720. The molecule has 0 amide bonds. The van der Waals surface area contributed by atoms with Gasteiger partial charge in [-0.05, 0) is 56.1 Å². The van der Waals surface area contributed by atoms with Gasteiger partial charge in [-0.2, -0.15) is 0 Å². The minimum atomic E-state index is -0.233. The Balaban J connectivity index is 2.47. The maximum absolute atomic E-state index is 11.5. The molecule has 1 aliphatic carbocycles. The zero-order chi connectivity index (χ0) is 13.3. The molecular weight excluding hydrogens is 428 g/mol. The summed E-state index contributed by atoms with van der Waals surface area (Å²) < 4.78 is 2.09. The number of nitrogens with zero attached hydrogens (tertiary/aromatic N) is 1. The fourth-order valence-corrected chi connectivity index (χ4v) is 2.87. The number of hydrogen-bond donors (Lipinski definition) is 1. The standard InChI is InChI=1S/C12H7Br3N2O/c13-6-1-3-7(4-2-6)17-12-8(14)5-9(18)11(16)10(12)15/h1-5H,16H2. The first-order chi connectivity index (χ1) is 8.49. The number of benzene rings is 1. The quantitative estimate of drug-likeness (QED) is 0.680. The van der Waals surface area contributed by atoms with Gasteiger partial charge in [0.15, 0.2) is 0 Å². The van der Waals surface area contributed by atoms with E-state index in [0.717, 1.165) is 10.2 Å². The van der Waals surface area contributed by atoms with Gasteiger partial charge in [0.2, 0.25) is 5.78 Å². The summed E-state index contributed by atoms with van der Waals surface area (Å²) in [6.45, 7) is 0. The number of halogens is 3. The van der Waals surface area contributed by atoms with Crippen LogP contribution in [0.3, 0.4) is 0 Å². The average molecular weight is 435 g/mol. The molecule has 2 rings (SSSR count). The molecule has 18 heavy (non-hydrogen) atoms. The van der Waals surface area contributed by atoms with Crippen molar-refractivity contribution in [2.75, 3.05) is 0 Å². The average Bonchev–Trinajstić information content (AvgIpc) is 2.34. The van der Waals surface area contributed by atoms with Gasteiger partial charge in [0, 0.05) is 15.0 Å². The molecule has 3 nitrogen and oxygen atoms in total. The van der Waals surface area contributed by atoms with Gasteiger partial charge in [-0.1, -0.05) is 15.9 Å². The largest absolute Gasteiger partial charge is 0.395 e. The van der Waals surface area contributed by atoms with Crippen LogP contribution in [0.5, 0.6) is 0 Å². The molecule has 1 aromatic rings. The maximum atomic E-state index is 11.5. The van der Waals surface area contributed by atoms with Crippen LogP contribution in [-0.4, -0.2) is 11.5 Å². The van der Waals surface area contributed by atoms with E-state index in [2.05, 4.69) is 52.8 Å². The predicted molar refractivity (Wildman–Crippen MR) is 83.4 cm³/mol. The van der Waals surface area contributed by atoms with Crippen LogP contribution in [0.4, 0.5) is 5.69 Å². The Morgan fingerprint density at radius 3 is 2.28 bits per heavy atom. The highest BCUT2D eigenvalue weighted by atomic mass is 79.9. The highest BCUT2D eigenvalue weighted by Crippen LogP contribution is 2.29. The van der Waals surface area contributed by atoms with E-state index in [0.29, 0.717) is 14.7 Å². The van der Waals surface area contributed by atoms with E-state index >= 15 is 0 Å². The second-order valence-corrected chi connectivity index (χ2v) is 6.08. The number of allylic oxidation sites excluding steroid dienone is 3. The number of ketones is 1. The molecule has 0 heterocycles. The van der Waals surface area contributed by atoms with Gasteiger partial charge in [-0.25, -0.2) is 4.99 Å². The number of aliphatic imine (C=N–C) groups is 1. The van der Waals surface area contributed by atoms with Crippen LogP contribution in [0.2, 0.25) is 0 Å². The molecule has 1 aromatic carbocycles. The SMILES string of the molecule is NC1=C(Br)C(=Nc2ccc(Br)cc2)C(Br)=CC1=O.